The van der Waals surface area contributed by atoms with Crippen molar-refractivity contribution in [1.29, 1.82) is 0 Å². The molecular weight excluding hydrogens is 456 g/mol. The van der Waals surface area contributed by atoms with E-state index in [1.54, 1.807) is 20.3 Å². The molecular formula is C28H34N4O4. The summed E-state index contributed by atoms with van der Waals surface area (Å²) < 4.78 is 10.6. The van der Waals surface area contributed by atoms with Crippen molar-refractivity contribution < 1.29 is 19.1 Å². The number of methoxy groups -OCH3 is 2. The van der Waals surface area contributed by atoms with Crippen LogP contribution in [0.3, 0.4) is 0 Å². The number of hydrogen-bond acceptors (Lipinski definition) is 6. The third-order valence-electron chi connectivity index (χ3n) is 6.52. The van der Waals surface area contributed by atoms with Crippen LogP contribution in [0.25, 0.3) is 10.9 Å². The van der Waals surface area contributed by atoms with Crippen molar-refractivity contribution in [3.8, 4) is 11.5 Å². The van der Waals surface area contributed by atoms with Gasteiger partial charge in [-0.1, -0.05) is 0 Å². The summed E-state index contributed by atoms with van der Waals surface area (Å²) in [7, 11) is 3.16. The zero-order chi connectivity index (χ0) is 25.5. The molecule has 4 rings (SSSR count). The molecule has 2 aromatic carbocycles. The number of pyridine rings is 1. The fourth-order valence-corrected chi connectivity index (χ4v) is 4.47. The zero-order valence-electron chi connectivity index (χ0n) is 21.2. The maximum atomic E-state index is 12.5. The molecule has 3 aromatic rings. The molecule has 8 heteroatoms. The number of nitrogens with zero attached hydrogens (tertiary/aromatic N) is 2. The van der Waals surface area contributed by atoms with E-state index >= 15 is 0 Å². The predicted molar refractivity (Wildman–Crippen MR) is 142 cm³/mol. The Morgan fingerprint density at radius 1 is 0.944 bits per heavy atom. The Hall–Kier alpha value is -3.81. The third kappa shape index (κ3) is 6.24. The van der Waals surface area contributed by atoms with Crippen molar-refractivity contribution >= 4 is 34.2 Å². The fraction of sp³-hybridized carbons (Fsp3) is 0.393. The van der Waals surface area contributed by atoms with Gasteiger partial charge in [-0.2, -0.15) is 0 Å². The number of anilines is 2. The number of piperidine rings is 1. The Balaban J connectivity index is 1.30. The molecule has 8 nitrogen and oxygen atoms in total. The van der Waals surface area contributed by atoms with Crippen LogP contribution in [-0.2, 0) is 16.1 Å². The van der Waals surface area contributed by atoms with Crippen molar-refractivity contribution in [2.24, 2.45) is 0 Å². The first-order chi connectivity index (χ1) is 17.5. The lowest BCUT2D eigenvalue weighted by atomic mass is 10.1. The van der Waals surface area contributed by atoms with E-state index in [0.717, 1.165) is 40.9 Å². The normalized spacial score (nSPS) is 13.4. The molecule has 0 atom stereocenters. The van der Waals surface area contributed by atoms with Crippen molar-refractivity contribution in [3.63, 3.8) is 0 Å². The fourth-order valence-electron chi connectivity index (χ4n) is 4.47. The molecule has 1 saturated heterocycles. The molecule has 190 valence electrons. The summed E-state index contributed by atoms with van der Waals surface area (Å²) in [4.78, 5) is 32.0. The van der Waals surface area contributed by atoms with Crippen LogP contribution in [-0.4, -0.2) is 44.1 Å². The number of benzene rings is 2. The molecule has 2 N–H and O–H groups in total. The first-order valence-electron chi connectivity index (χ1n) is 12.4. The zero-order valence-corrected chi connectivity index (χ0v) is 21.2. The number of carbonyl (C=O) groups is 2. The van der Waals surface area contributed by atoms with Crippen LogP contribution in [0.15, 0.2) is 42.5 Å². The van der Waals surface area contributed by atoms with Gasteiger partial charge in [-0.15, -0.1) is 0 Å². The number of aromatic nitrogens is 1. The van der Waals surface area contributed by atoms with E-state index in [0.29, 0.717) is 23.7 Å². The van der Waals surface area contributed by atoms with Gasteiger partial charge in [0.1, 0.15) is 17.3 Å². The standard InChI is InChI=1S/C28H34N4O4/c1-19-15-26(32-13-5-4-6-14-32)31-24-10-8-21(16-23(19)24)30-28(34)12-11-27(33)29-18-20-7-9-22(35-2)17-25(20)36-3/h7-10,15-17H,4-6,11-14,18H2,1-3H3,(H,29,33)(H,30,34). The highest BCUT2D eigenvalue weighted by Gasteiger charge is 2.15. The number of rotatable bonds is 9. The maximum absolute atomic E-state index is 12.5. The number of nitrogens with one attached hydrogen (secondary N) is 2. The van der Waals surface area contributed by atoms with Crippen molar-refractivity contribution in [2.75, 3.05) is 37.5 Å². The highest BCUT2D eigenvalue weighted by Crippen LogP contribution is 2.27. The minimum absolute atomic E-state index is 0.0920. The van der Waals surface area contributed by atoms with E-state index in [-0.39, 0.29) is 24.7 Å². The first-order valence-corrected chi connectivity index (χ1v) is 12.4. The molecule has 0 aliphatic carbocycles. The van der Waals surface area contributed by atoms with Crippen LogP contribution in [0.5, 0.6) is 11.5 Å². The lowest BCUT2D eigenvalue weighted by Crippen LogP contribution is -2.30. The summed E-state index contributed by atoms with van der Waals surface area (Å²) in [6.45, 7) is 4.48. The maximum Gasteiger partial charge on any atom is 0.224 e. The lowest BCUT2D eigenvalue weighted by Gasteiger charge is -2.28. The molecule has 1 fully saturated rings. The Labute approximate surface area is 212 Å². The van der Waals surface area contributed by atoms with E-state index in [1.165, 1.54) is 19.3 Å². The average molecular weight is 491 g/mol. The monoisotopic (exact) mass is 490 g/mol. The molecule has 0 radical (unpaired) electrons. The van der Waals surface area contributed by atoms with E-state index in [1.807, 2.05) is 30.3 Å². The molecule has 36 heavy (non-hydrogen) atoms. The second kappa shape index (κ2) is 11.7. The molecule has 1 aliphatic heterocycles. The molecule has 0 bridgehead atoms. The first kappa shape index (κ1) is 25.3. The van der Waals surface area contributed by atoms with Gasteiger partial charge in [-0.05, 0) is 68.1 Å². The van der Waals surface area contributed by atoms with Crippen LogP contribution < -0.4 is 25.0 Å². The third-order valence-corrected chi connectivity index (χ3v) is 6.52. The van der Waals surface area contributed by atoms with Crippen molar-refractivity contribution in [2.45, 2.75) is 45.6 Å². The number of carbonyl (C=O) groups excluding carboxylic acids is 2. The molecule has 0 saturated carbocycles. The van der Waals surface area contributed by atoms with Gasteiger partial charge in [0.05, 0.1) is 19.7 Å². The highest BCUT2D eigenvalue weighted by molar-refractivity contribution is 5.96. The van der Waals surface area contributed by atoms with Gasteiger partial charge in [0.25, 0.3) is 0 Å². The molecule has 2 heterocycles. The van der Waals surface area contributed by atoms with E-state index in [4.69, 9.17) is 14.5 Å². The summed E-state index contributed by atoms with van der Waals surface area (Å²) in [6.07, 6.45) is 3.88. The number of hydrogen-bond donors (Lipinski definition) is 2. The van der Waals surface area contributed by atoms with Crippen LogP contribution in [0, 0.1) is 6.92 Å². The summed E-state index contributed by atoms with van der Waals surface area (Å²) >= 11 is 0. The molecule has 0 unspecified atom stereocenters. The van der Waals surface area contributed by atoms with Gasteiger partial charge in [0.2, 0.25) is 11.8 Å². The molecule has 2 amide bonds. The van der Waals surface area contributed by atoms with Gasteiger partial charge in [0.15, 0.2) is 0 Å². The minimum Gasteiger partial charge on any atom is -0.497 e. The largest absolute Gasteiger partial charge is 0.497 e. The highest BCUT2D eigenvalue weighted by atomic mass is 16.5. The Morgan fingerprint density at radius 3 is 2.47 bits per heavy atom. The van der Waals surface area contributed by atoms with Gasteiger partial charge in [-0.25, -0.2) is 4.98 Å². The summed E-state index contributed by atoms with van der Waals surface area (Å²) in [6, 6.07) is 13.3. The van der Waals surface area contributed by atoms with Crippen LogP contribution >= 0.6 is 0 Å². The van der Waals surface area contributed by atoms with Gasteiger partial charge < -0.3 is 25.0 Å². The van der Waals surface area contributed by atoms with Crippen LogP contribution in [0.1, 0.15) is 43.2 Å². The smallest absolute Gasteiger partial charge is 0.224 e. The quantitative estimate of drug-likeness (QED) is 0.456. The van der Waals surface area contributed by atoms with Gasteiger partial charge in [-0.3, -0.25) is 9.59 Å². The van der Waals surface area contributed by atoms with E-state index in [9.17, 15) is 9.59 Å². The van der Waals surface area contributed by atoms with Crippen molar-refractivity contribution in [1.82, 2.24) is 10.3 Å². The van der Waals surface area contributed by atoms with Crippen LogP contribution in [0.2, 0.25) is 0 Å². The second-order valence-electron chi connectivity index (χ2n) is 9.08. The number of fused-ring (bicyclic) bond motifs is 1. The Kier molecular flexibility index (Phi) is 8.25. The molecule has 1 aromatic heterocycles. The number of ether oxygens (including phenoxy) is 2. The van der Waals surface area contributed by atoms with Gasteiger partial charge in [0, 0.05) is 55.2 Å². The lowest BCUT2D eigenvalue weighted by molar-refractivity contribution is -0.124. The molecule has 0 spiro atoms. The van der Waals surface area contributed by atoms with Crippen molar-refractivity contribution in [3.05, 3.63) is 53.6 Å². The van der Waals surface area contributed by atoms with Gasteiger partial charge >= 0.3 is 0 Å². The topological polar surface area (TPSA) is 92.8 Å². The number of amides is 2. The number of aryl methyl sites for hydroxylation is 1. The minimum atomic E-state index is -0.206. The summed E-state index contributed by atoms with van der Waals surface area (Å²) in [5.41, 5.74) is 3.58. The predicted octanol–water partition coefficient (Wildman–Crippen LogP) is 4.59. The molecule has 1 aliphatic rings. The van der Waals surface area contributed by atoms with E-state index < -0.39 is 0 Å². The van der Waals surface area contributed by atoms with E-state index in [2.05, 4.69) is 28.5 Å². The van der Waals surface area contributed by atoms with Crippen LogP contribution in [0.4, 0.5) is 11.5 Å². The average Bonchev–Trinajstić information content (AvgIpc) is 2.91. The summed E-state index contributed by atoms with van der Waals surface area (Å²) in [5.74, 6) is 1.93. The Morgan fingerprint density at radius 2 is 1.72 bits per heavy atom. The second-order valence-corrected chi connectivity index (χ2v) is 9.08. The Bertz CT molecular complexity index is 1240. The SMILES string of the molecule is COc1ccc(CNC(=O)CCC(=O)Nc2ccc3nc(N4CCCCC4)cc(C)c3c2)c(OC)c1. The summed E-state index contributed by atoms with van der Waals surface area (Å²) in [5, 5.41) is 6.76.